The lowest BCUT2D eigenvalue weighted by atomic mass is 9.92. The standard InChI is InChI=1S/C10H10O2S2/c1-5(11)9-6-3-2-4-7(12)8(6)10(13)14-9/h13H,2-4H2,1H3. The van der Waals surface area contributed by atoms with Gasteiger partial charge in [0.15, 0.2) is 11.6 Å². The van der Waals surface area contributed by atoms with Gasteiger partial charge in [-0.2, -0.15) is 0 Å². The van der Waals surface area contributed by atoms with E-state index in [-0.39, 0.29) is 11.6 Å². The fourth-order valence-electron chi connectivity index (χ4n) is 1.81. The Bertz CT molecular complexity index is 418. The van der Waals surface area contributed by atoms with Crippen LogP contribution in [0.25, 0.3) is 0 Å². The smallest absolute Gasteiger partial charge is 0.170 e. The highest BCUT2D eigenvalue weighted by Gasteiger charge is 2.26. The van der Waals surface area contributed by atoms with Crippen molar-refractivity contribution in [2.45, 2.75) is 30.4 Å². The Balaban J connectivity index is 2.63. The minimum absolute atomic E-state index is 0.0428. The van der Waals surface area contributed by atoms with E-state index < -0.39 is 0 Å². The summed E-state index contributed by atoms with van der Waals surface area (Å²) in [6.45, 7) is 1.54. The van der Waals surface area contributed by atoms with Crippen LogP contribution in [0.3, 0.4) is 0 Å². The summed E-state index contributed by atoms with van der Waals surface area (Å²) in [7, 11) is 0. The van der Waals surface area contributed by atoms with Crippen LogP contribution in [-0.4, -0.2) is 11.6 Å². The molecule has 1 aliphatic carbocycles. The maximum absolute atomic E-state index is 11.6. The van der Waals surface area contributed by atoms with E-state index >= 15 is 0 Å². The predicted octanol–water partition coefficient (Wildman–Crippen LogP) is 2.76. The zero-order chi connectivity index (χ0) is 10.3. The molecule has 0 atom stereocenters. The van der Waals surface area contributed by atoms with Crippen LogP contribution in [0.5, 0.6) is 0 Å². The van der Waals surface area contributed by atoms with Crippen LogP contribution >= 0.6 is 24.0 Å². The van der Waals surface area contributed by atoms with Gasteiger partial charge in [-0.3, -0.25) is 9.59 Å². The number of hydrogen-bond acceptors (Lipinski definition) is 4. The van der Waals surface area contributed by atoms with Crippen molar-refractivity contribution >= 4 is 35.5 Å². The zero-order valence-electron chi connectivity index (χ0n) is 7.79. The van der Waals surface area contributed by atoms with Gasteiger partial charge >= 0.3 is 0 Å². The summed E-state index contributed by atoms with van der Waals surface area (Å²) in [6, 6.07) is 0. The van der Waals surface area contributed by atoms with Gasteiger partial charge in [0.25, 0.3) is 0 Å². The minimum atomic E-state index is 0.0428. The molecule has 2 rings (SSSR count). The normalized spacial score (nSPS) is 15.4. The van der Waals surface area contributed by atoms with Gasteiger partial charge in [0.2, 0.25) is 0 Å². The molecule has 1 heterocycles. The molecular formula is C10H10O2S2. The first-order valence-electron chi connectivity index (χ1n) is 4.50. The Hall–Kier alpha value is -0.610. The second-order valence-electron chi connectivity index (χ2n) is 3.42. The first kappa shape index (κ1) is 9.93. The second-order valence-corrected chi connectivity index (χ2v) is 5.19. The molecular weight excluding hydrogens is 216 g/mol. The van der Waals surface area contributed by atoms with Crippen molar-refractivity contribution in [3.63, 3.8) is 0 Å². The van der Waals surface area contributed by atoms with Gasteiger partial charge in [0.1, 0.15) is 0 Å². The molecule has 14 heavy (non-hydrogen) atoms. The van der Waals surface area contributed by atoms with E-state index in [0.717, 1.165) is 23.3 Å². The molecule has 0 spiro atoms. The lowest BCUT2D eigenvalue weighted by molar-refractivity contribution is 0.0970. The van der Waals surface area contributed by atoms with Crippen molar-refractivity contribution in [1.29, 1.82) is 0 Å². The molecule has 0 fully saturated rings. The fourth-order valence-corrected chi connectivity index (χ4v) is 3.35. The van der Waals surface area contributed by atoms with Crippen molar-refractivity contribution in [1.82, 2.24) is 0 Å². The highest BCUT2D eigenvalue weighted by atomic mass is 32.2. The summed E-state index contributed by atoms with van der Waals surface area (Å²) in [5, 5.41) is 0. The quantitative estimate of drug-likeness (QED) is 0.590. The molecule has 0 N–H and O–H groups in total. The summed E-state index contributed by atoms with van der Waals surface area (Å²) in [4.78, 5) is 23.6. The van der Waals surface area contributed by atoms with Crippen LogP contribution in [0.4, 0.5) is 0 Å². The Morgan fingerprint density at radius 1 is 1.43 bits per heavy atom. The molecule has 1 aromatic heterocycles. The number of carbonyl (C=O) groups excluding carboxylic acids is 2. The average molecular weight is 226 g/mol. The fraction of sp³-hybridized carbons (Fsp3) is 0.400. The van der Waals surface area contributed by atoms with Gasteiger partial charge in [-0.25, -0.2) is 0 Å². The largest absolute Gasteiger partial charge is 0.294 e. The predicted molar refractivity (Wildman–Crippen MR) is 58.8 cm³/mol. The summed E-state index contributed by atoms with van der Waals surface area (Å²) in [5.74, 6) is 0.182. The molecule has 2 nitrogen and oxygen atoms in total. The number of carbonyl (C=O) groups is 2. The molecule has 0 amide bonds. The number of hydrogen-bond donors (Lipinski definition) is 1. The lowest BCUT2D eigenvalue weighted by Crippen LogP contribution is -2.10. The molecule has 0 unspecified atom stereocenters. The monoisotopic (exact) mass is 226 g/mol. The van der Waals surface area contributed by atoms with E-state index in [9.17, 15) is 9.59 Å². The maximum Gasteiger partial charge on any atom is 0.170 e. The molecule has 0 radical (unpaired) electrons. The van der Waals surface area contributed by atoms with Crippen LogP contribution in [0.1, 0.15) is 45.4 Å². The average Bonchev–Trinajstić information content (AvgIpc) is 2.45. The highest BCUT2D eigenvalue weighted by molar-refractivity contribution is 7.83. The van der Waals surface area contributed by atoms with E-state index in [4.69, 9.17) is 0 Å². The van der Waals surface area contributed by atoms with Crippen molar-refractivity contribution in [2.24, 2.45) is 0 Å². The third-order valence-corrected chi connectivity index (χ3v) is 4.05. The van der Waals surface area contributed by atoms with E-state index in [0.29, 0.717) is 16.2 Å². The van der Waals surface area contributed by atoms with Gasteiger partial charge in [-0.15, -0.1) is 24.0 Å². The Labute approximate surface area is 91.7 Å². The van der Waals surface area contributed by atoms with E-state index in [2.05, 4.69) is 12.6 Å². The van der Waals surface area contributed by atoms with E-state index in [1.807, 2.05) is 0 Å². The third-order valence-electron chi connectivity index (χ3n) is 2.42. The summed E-state index contributed by atoms with van der Waals surface area (Å²) in [6.07, 6.45) is 2.29. The topological polar surface area (TPSA) is 34.1 Å². The molecule has 74 valence electrons. The van der Waals surface area contributed by atoms with Gasteiger partial charge in [-0.1, -0.05) is 0 Å². The molecule has 0 bridgehead atoms. The zero-order valence-corrected chi connectivity index (χ0v) is 9.50. The molecule has 0 aliphatic heterocycles. The summed E-state index contributed by atoms with van der Waals surface area (Å²) >= 11 is 5.59. The third kappa shape index (κ3) is 1.42. The second kappa shape index (κ2) is 3.51. The molecule has 1 aliphatic rings. The van der Waals surface area contributed by atoms with Crippen LogP contribution in [0, 0.1) is 0 Å². The number of rotatable bonds is 1. The SMILES string of the molecule is CC(=O)c1sc(S)c2c1CCCC2=O. The van der Waals surface area contributed by atoms with Crippen LogP contribution in [0.15, 0.2) is 4.21 Å². The first-order chi connectivity index (χ1) is 6.61. The molecule has 0 saturated carbocycles. The summed E-state index contributed by atoms with van der Waals surface area (Å²) in [5.41, 5.74) is 1.64. The number of thiol groups is 1. The Kier molecular flexibility index (Phi) is 2.49. The Morgan fingerprint density at radius 2 is 2.14 bits per heavy atom. The summed E-state index contributed by atoms with van der Waals surface area (Å²) < 4.78 is 0.704. The molecule has 4 heteroatoms. The van der Waals surface area contributed by atoms with Crippen molar-refractivity contribution in [3.05, 3.63) is 16.0 Å². The van der Waals surface area contributed by atoms with Gasteiger partial charge in [0.05, 0.1) is 9.09 Å². The lowest BCUT2D eigenvalue weighted by Gasteiger charge is -2.11. The van der Waals surface area contributed by atoms with Gasteiger partial charge < -0.3 is 0 Å². The highest BCUT2D eigenvalue weighted by Crippen LogP contribution is 2.36. The minimum Gasteiger partial charge on any atom is -0.294 e. The number of ketones is 2. The van der Waals surface area contributed by atoms with E-state index in [1.165, 1.54) is 11.3 Å². The molecule has 0 aromatic carbocycles. The van der Waals surface area contributed by atoms with Gasteiger partial charge in [0, 0.05) is 12.0 Å². The van der Waals surface area contributed by atoms with Crippen molar-refractivity contribution < 1.29 is 9.59 Å². The van der Waals surface area contributed by atoms with Gasteiger partial charge in [-0.05, 0) is 25.3 Å². The van der Waals surface area contributed by atoms with Crippen LogP contribution in [-0.2, 0) is 6.42 Å². The van der Waals surface area contributed by atoms with Crippen LogP contribution < -0.4 is 0 Å². The number of fused-ring (bicyclic) bond motifs is 1. The number of thiophene rings is 1. The van der Waals surface area contributed by atoms with Crippen LogP contribution in [0.2, 0.25) is 0 Å². The van der Waals surface area contributed by atoms with E-state index in [1.54, 1.807) is 6.92 Å². The van der Waals surface area contributed by atoms with Crippen molar-refractivity contribution in [3.8, 4) is 0 Å². The number of Topliss-reactive ketones (excluding diaryl/α,β-unsaturated/α-hetero) is 2. The van der Waals surface area contributed by atoms with Crippen molar-refractivity contribution in [2.75, 3.05) is 0 Å². The molecule has 1 aromatic rings. The molecule has 0 saturated heterocycles. The first-order valence-corrected chi connectivity index (χ1v) is 5.76. The Morgan fingerprint density at radius 3 is 2.79 bits per heavy atom. The maximum atomic E-state index is 11.6.